The summed E-state index contributed by atoms with van der Waals surface area (Å²) < 4.78 is 10.7. The van der Waals surface area contributed by atoms with Crippen molar-refractivity contribution in [2.45, 2.75) is 25.3 Å². The minimum atomic E-state index is 0.170. The van der Waals surface area contributed by atoms with Gasteiger partial charge in [-0.1, -0.05) is 19.1 Å². The first kappa shape index (κ1) is 16.9. The molecule has 0 bridgehead atoms. The van der Waals surface area contributed by atoms with E-state index in [4.69, 9.17) is 9.47 Å². The van der Waals surface area contributed by atoms with Gasteiger partial charge in [-0.15, -0.1) is 0 Å². The molecule has 1 aromatic carbocycles. The second-order valence-corrected chi connectivity index (χ2v) is 7.66. The van der Waals surface area contributed by atoms with Crippen molar-refractivity contribution in [3.05, 3.63) is 29.8 Å². The van der Waals surface area contributed by atoms with Crippen LogP contribution in [-0.2, 0) is 9.53 Å². The molecule has 5 nitrogen and oxygen atoms in total. The number of amides is 1. The highest BCUT2D eigenvalue weighted by Gasteiger charge is 2.48. The number of hydrogen-bond donors (Lipinski definition) is 0. The van der Waals surface area contributed by atoms with Gasteiger partial charge in [0.25, 0.3) is 0 Å². The third-order valence-corrected chi connectivity index (χ3v) is 6.05. The van der Waals surface area contributed by atoms with E-state index in [1.165, 1.54) is 5.56 Å². The molecule has 3 fully saturated rings. The molecule has 1 aliphatic carbocycles. The number of ether oxygens (including phenoxy) is 2. The molecule has 2 saturated heterocycles. The van der Waals surface area contributed by atoms with Gasteiger partial charge in [0.05, 0.1) is 20.3 Å². The topological polar surface area (TPSA) is 42.0 Å². The maximum atomic E-state index is 12.9. The van der Waals surface area contributed by atoms with Crippen LogP contribution in [0.1, 0.15) is 24.8 Å². The number of methoxy groups -OCH3 is 1. The molecule has 136 valence electrons. The van der Waals surface area contributed by atoms with Crippen molar-refractivity contribution in [2.75, 3.05) is 46.5 Å². The number of carbonyl (C=O) groups is 1. The summed E-state index contributed by atoms with van der Waals surface area (Å²) in [6.07, 6.45) is 0.984. The third kappa shape index (κ3) is 3.40. The van der Waals surface area contributed by atoms with Gasteiger partial charge in [-0.3, -0.25) is 9.69 Å². The quantitative estimate of drug-likeness (QED) is 0.838. The molecule has 3 aliphatic rings. The maximum Gasteiger partial charge on any atom is 0.226 e. The van der Waals surface area contributed by atoms with Crippen molar-refractivity contribution in [1.29, 1.82) is 0 Å². The third-order valence-electron chi connectivity index (χ3n) is 6.05. The van der Waals surface area contributed by atoms with Crippen LogP contribution in [0.25, 0.3) is 0 Å². The molecule has 5 heteroatoms. The van der Waals surface area contributed by atoms with E-state index in [2.05, 4.69) is 28.9 Å². The first-order chi connectivity index (χ1) is 12.2. The summed E-state index contributed by atoms with van der Waals surface area (Å²) in [6.45, 7) is 7.68. The summed E-state index contributed by atoms with van der Waals surface area (Å²) in [4.78, 5) is 17.6. The predicted octanol–water partition coefficient (Wildman–Crippen LogP) is 1.98. The fraction of sp³-hybridized carbons (Fsp3) is 0.650. The lowest BCUT2D eigenvalue weighted by atomic mass is 10.0. The van der Waals surface area contributed by atoms with E-state index in [1.807, 2.05) is 12.1 Å². The summed E-state index contributed by atoms with van der Waals surface area (Å²) in [5.74, 6) is 2.32. The van der Waals surface area contributed by atoms with Gasteiger partial charge < -0.3 is 14.4 Å². The Kier molecular flexibility index (Phi) is 4.69. The highest BCUT2D eigenvalue weighted by Crippen LogP contribution is 2.49. The van der Waals surface area contributed by atoms with E-state index in [0.29, 0.717) is 23.8 Å². The molecule has 2 aliphatic heterocycles. The number of likely N-dealkylation sites (tertiary alicyclic amines) is 1. The van der Waals surface area contributed by atoms with Crippen molar-refractivity contribution in [3.8, 4) is 5.75 Å². The Morgan fingerprint density at radius 3 is 2.56 bits per heavy atom. The monoisotopic (exact) mass is 344 g/mol. The summed E-state index contributed by atoms with van der Waals surface area (Å²) in [7, 11) is 1.68. The summed E-state index contributed by atoms with van der Waals surface area (Å²) in [6, 6.07) is 8.66. The van der Waals surface area contributed by atoms with Crippen molar-refractivity contribution < 1.29 is 14.3 Å². The largest absolute Gasteiger partial charge is 0.497 e. The van der Waals surface area contributed by atoms with Crippen LogP contribution in [0.2, 0.25) is 0 Å². The Bertz CT molecular complexity index is 612. The number of rotatable bonds is 4. The zero-order valence-corrected chi connectivity index (χ0v) is 15.2. The minimum absolute atomic E-state index is 0.170. The number of carbonyl (C=O) groups excluding carboxylic acids is 1. The van der Waals surface area contributed by atoms with Crippen LogP contribution in [0.15, 0.2) is 24.3 Å². The van der Waals surface area contributed by atoms with Crippen LogP contribution >= 0.6 is 0 Å². The Morgan fingerprint density at radius 2 is 1.88 bits per heavy atom. The summed E-state index contributed by atoms with van der Waals surface area (Å²) in [5.41, 5.74) is 1.26. The van der Waals surface area contributed by atoms with Crippen LogP contribution in [0.3, 0.4) is 0 Å². The zero-order chi connectivity index (χ0) is 17.4. The molecule has 1 amide bonds. The number of benzene rings is 1. The normalized spacial score (nSPS) is 32.6. The lowest BCUT2D eigenvalue weighted by molar-refractivity contribution is -0.131. The molecule has 0 N–H and O–H groups in total. The lowest BCUT2D eigenvalue weighted by Crippen LogP contribution is -2.47. The van der Waals surface area contributed by atoms with Crippen molar-refractivity contribution in [1.82, 2.24) is 9.80 Å². The van der Waals surface area contributed by atoms with Crippen LogP contribution in [0, 0.1) is 11.8 Å². The lowest BCUT2D eigenvalue weighted by Gasteiger charge is -2.34. The molecule has 2 heterocycles. The van der Waals surface area contributed by atoms with Crippen molar-refractivity contribution in [2.24, 2.45) is 11.8 Å². The minimum Gasteiger partial charge on any atom is -0.497 e. The van der Waals surface area contributed by atoms with E-state index in [-0.39, 0.29) is 5.92 Å². The standard InChI is InChI=1S/C20H28N2O3/c1-14-12-22(13-19(14)21-7-9-25-10-8-21)20(23)18-11-17(18)15-3-5-16(24-2)6-4-15/h3-6,14,17-19H,7-13H2,1-2H3/t14-,17-,18-,19+/m0/s1. The van der Waals surface area contributed by atoms with E-state index in [0.717, 1.165) is 51.6 Å². The SMILES string of the molecule is COc1ccc([C@@H]2C[C@@H]2C(=O)N2C[C@@H](N3CCOCC3)[C@@H](C)C2)cc1. The highest BCUT2D eigenvalue weighted by atomic mass is 16.5. The van der Waals surface area contributed by atoms with Gasteiger partial charge in [0.15, 0.2) is 0 Å². The molecule has 0 aromatic heterocycles. The van der Waals surface area contributed by atoms with Gasteiger partial charge >= 0.3 is 0 Å². The first-order valence-corrected chi connectivity index (χ1v) is 9.42. The van der Waals surface area contributed by atoms with Gasteiger partial charge in [-0.25, -0.2) is 0 Å². The summed E-state index contributed by atoms with van der Waals surface area (Å²) >= 11 is 0. The average molecular weight is 344 g/mol. The van der Waals surface area contributed by atoms with Crippen LogP contribution in [-0.4, -0.2) is 68.3 Å². The fourth-order valence-corrected chi connectivity index (χ4v) is 4.44. The predicted molar refractivity (Wildman–Crippen MR) is 95.8 cm³/mol. The average Bonchev–Trinajstić information content (AvgIpc) is 3.37. The molecule has 0 radical (unpaired) electrons. The molecule has 0 spiro atoms. The number of nitrogens with zero attached hydrogens (tertiary/aromatic N) is 2. The van der Waals surface area contributed by atoms with E-state index in [9.17, 15) is 4.79 Å². The van der Waals surface area contributed by atoms with Crippen LogP contribution < -0.4 is 4.74 Å². The van der Waals surface area contributed by atoms with Crippen molar-refractivity contribution in [3.63, 3.8) is 0 Å². The molecule has 1 saturated carbocycles. The molecule has 4 atom stereocenters. The van der Waals surface area contributed by atoms with Gasteiger partial charge in [0.1, 0.15) is 5.75 Å². The van der Waals surface area contributed by atoms with E-state index in [1.54, 1.807) is 7.11 Å². The second kappa shape index (κ2) is 6.96. The van der Waals surface area contributed by atoms with Crippen LogP contribution in [0.5, 0.6) is 5.75 Å². The van der Waals surface area contributed by atoms with Gasteiger partial charge in [-0.05, 0) is 36.0 Å². The Morgan fingerprint density at radius 1 is 1.16 bits per heavy atom. The summed E-state index contributed by atoms with van der Waals surface area (Å²) in [5, 5.41) is 0. The van der Waals surface area contributed by atoms with Crippen molar-refractivity contribution >= 4 is 5.91 Å². The van der Waals surface area contributed by atoms with E-state index < -0.39 is 0 Å². The molecular formula is C20H28N2O3. The second-order valence-electron chi connectivity index (χ2n) is 7.66. The van der Waals surface area contributed by atoms with Crippen LogP contribution in [0.4, 0.5) is 0 Å². The first-order valence-electron chi connectivity index (χ1n) is 9.42. The molecule has 25 heavy (non-hydrogen) atoms. The molecular weight excluding hydrogens is 316 g/mol. The Labute approximate surface area is 149 Å². The Balaban J connectivity index is 1.35. The highest BCUT2D eigenvalue weighted by molar-refractivity contribution is 5.83. The smallest absolute Gasteiger partial charge is 0.226 e. The molecule has 0 unspecified atom stereocenters. The molecule has 1 aromatic rings. The zero-order valence-electron chi connectivity index (χ0n) is 15.2. The van der Waals surface area contributed by atoms with E-state index >= 15 is 0 Å². The number of hydrogen-bond acceptors (Lipinski definition) is 4. The van der Waals surface area contributed by atoms with Gasteiger partial charge in [-0.2, -0.15) is 0 Å². The van der Waals surface area contributed by atoms with Gasteiger partial charge in [0.2, 0.25) is 5.91 Å². The Hall–Kier alpha value is -1.59. The van der Waals surface area contributed by atoms with Gasteiger partial charge in [0, 0.05) is 38.1 Å². The maximum absolute atomic E-state index is 12.9. The molecule has 4 rings (SSSR count). The fourth-order valence-electron chi connectivity index (χ4n) is 4.44. The number of morpholine rings is 1.